The zero-order valence-corrected chi connectivity index (χ0v) is 9.74. The number of nitrogens with zero attached hydrogens (tertiary/aromatic N) is 1. The van der Waals surface area contributed by atoms with E-state index in [4.69, 9.17) is 0 Å². The summed E-state index contributed by atoms with van der Waals surface area (Å²) in [6.45, 7) is 10.7. The summed E-state index contributed by atoms with van der Waals surface area (Å²) in [6, 6.07) is 0. The molecular weight excluding hydrogens is 182 g/mol. The third kappa shape index (κ3) is 6.69. The largest absolute Gasteiger partial charge is 0.314 e. The molecule has 4 nitrogen and oxygen atoms in total. The molecule has 0 bridgehead atoms. The summed E-state index contributed by atoms with van der Waals surface area (Å²) in [5, 5.41) is 9.37. The monoisotopic (exact) mass is 203 g/mol. The van der Waals surface area contributed by atoms with Gasteiger partial charge in [-0.15, -0.1) is 10.1 Å². The molecule has 0 aliphatic rings. The quantitative estimate of drug-likeness (QED) is 0.510. The molecule has 0 saturated heterocycles. The number of rotatable bonds is 5. The van der Waals surface area contributed by atoms with E-state index in [0.29, 0.717) is 5.92 Å². The Kier molecular flexibility index (Phi) is 4.88. The minimum atomic E-state index is -0.710. The smallest absolute Gasteiger partial charge is 0.294 e. The van der Waals surface area contributed by atoms with Crippen LogP contribution in [0.5, 0.6) is 0 Å². The molecule has 0 aliphatic carbocycles. The van der Waals surface area contributed by atoms with E-state index in [1.807, 2.05) is 0 Å². The standard InChI is InChI=1S/C10H21NO3/c1-8(2)9(6-10(3,4)5)7-14-11(12)13/h8-9H,6-7H2,1-5H3. The highest BCUT2D eigenvalue weighted by Gasteiger charge is 2.22. The Labute approximate surface area is 85.7 Å². The molecule has 0 aromatic carbocycles. The molecule has 0 spiro atoms. The summed E-state index contributed by atoms with van der Waals surface area (Å²) in [5.41, 5.74) is 0.189. The molecule has 0 aliphatic heterocycles. The summed E-state index contributed by atoms with van der Waals surface area (Å²) < 4.78 is 0. The van der Waals surface area contributed by atoms with Crippen LogP contribution in [0, 0.1) is 27.4 Å². The highest BCUT2D eigenvalue weighted by Crippen LogP contribution is 2.28. The van der Waals surface area contributed by atoms with E-state index in [2.05, 4.69) is 39.5 Å². The minimum Gasteiger partial charge on any atom is -0.314 e. The fraction of sp³-hybridized carbons (Fsp3) is 1.00. The van der Waals surface area contributed by atoms with E-state index >= 15 is 0 Å². The maximum Gasteiger partial charge on any atom is 0.294 e. The Morgan fingerprint density at radius 3 is 2.14 bits per heavy atom. The Bertz CT molecular complexity index is 184. The molecule has 1 unspecified atom stereocenters. The molecular formula is C10H21NO3. The molecule has 1 atom stereocenters. The van der Waals surface area contributed by atoms with Gasteiger partial charge in [0.15, 0.2) is 0 Å². The molecule has 0 saturated carbocycles. The van der Waals surface area contributed by atoms with Gasteiger partial charge in [0.2, 0.25) is 0 Å². The lowest BCUT2D eigenvalue weighted by Gasteiger charge is -2.27. The van der Waals surface area contributed by atoms with Crippen molar-refractivity contribution in [1.29, 1.82) is 0 Å². The van der Waals surface area contributed by atoms with Crippen LogP contribution in [0.3, 0.4) is 0 Å². The van der Waals surface area contributed by atoms with Gasteiger partial charge in [-0.05, 0) is 23.7 Å². The van der Waals surface area contributed by atoms with Crippen molar-refractivity contribution in [3.63, 3.8) is 0 Å². The van der Waals surface area contributed by atoms with Crippen LogP contribution in [0.4, 0.5) is 0 Å². The highest BCUT2D eigenvalue weighted by molar-refractivity contribution is 4.71. The van der Waals surface area contributed by atoms with Gasteiger partial charge in [0.05, 0.1) is 6.61 Å². The summed E-state index contributed by atoms with van der Waals surface area (Å²) >= 11 is 0. The summed E-state index contributed by atoms with van der Waals surface area (Å²) in [5.74, 6) is 0.662. The lowest BCUT2D eigenvalue weighted by molar-refractivity contribution is -0.759. The van der Waals surface area contributed by atoms with Crippen molar-refractivity contribution < 1.29 is 9.92 Å². The van der Waals surface area contributed by atoms with Gasteiger partial charge >= 0.3 is 0 Å². The van der Waals surface area contributed by atoms with Crippen molar-refractivity contribution in [1.82, 2.24) is 0 Å². The normalized spacial score (nSPS) is 14.1. The third-order valence-electron chi connectivity index (χ3n) is 2.21. The number of hydrogen-bond acceptors (Lipinski definition) is 3. The van der Waals surface area contributed by atoms with E-state index < -0.39 is 5.09 Å². The van der Waals surface area contributed by atoms with Gasteiger partial charge in [0.25, 0.3) is 5.09 Å². The maximum absolute atomic E-state index is 10.1. The highest BCUT2D eigenvalue weighted by atomic mass is 16.9. The predicted molar refractivity (Wildman–Crippen MR) is 55.3 cm³/mol. The second-order valence-electron chi connectivity index (χ2n) is 5.29. The SMILES string of the molecule is CC(C)C(CO[N+](=O)[O-])CC(C)(C)C. The van der Waals surface area contributed by atoms with Gasteiger partial charge in [-0.3, -0.25) is 0 Å². The van der Waals surface area contributed by atoms with Crippen molar-refractivity contribution in [2.45, 2.75) is 41.0 Å². The van der Waals surface area contributed by atoms with Crippen LogP contribution >= 0.6 is 0 Å². The first kappa shape index (κ1) is 13.2. The zero-order chi connectivity index (χ0) is 11.4. The first-order valence-corrected chi connectivity index (χ1v) is 4.99. The predicted octanol–water partition coefficient (Wildman–Crippen LogP) is 2.90. The fourth-order valence-corrected chi connectivity index (χ4v) is 1.43. The van der Waals surface area contributed by atoms with E-state index in [9.17, 15) is 10.1 Å². The van der Waals surface area contributed by atoms with Crippen LogP contribution in [0.15, 0.2) is 0 Å². The van der Waals surface area contributed by atoms with Gasteiger partial charge < -0.3 is 4.84 Å². The first-order valence-electron chi connectivity index (χ1n) is 4.99. The van der Waals surface area contributed by atoms with Crippen molar-refractivity contribution in [3.05, 3.63) is 10.1 Å². The van der Waals surface area contributed by atoms with E-state index in [0.717, 1.165) is 6.42 Å². The topological polar surface area (TPSA) is 52.4 Å². The van der Waals surface area contributed by atoms with Gasteiger partial charge in [0.1, 0.15) is 0 Å². The summed E-state index contributed by atoms with van der Waals surface area (Å²) in [7, 11) is 0. The second-order valence-corrected chi connectivity index (χ2v) is 5.29. The minimum absolute atomic E-state index is 0.189. The molecule has 0 rings (SSSR count). The van der Waals surface area contributed by atoms with Gasteiger partial charge in [0, 0.05) is 0 Å². The Morgan fingerprint density at radius 1 is 1.36 bits per heavy atom. The molecule has 0 heterocycles. The lowest BCUT2D eigenvalue weighted by Crippen LogP contribution is -2.23. The summed E-state index contributed by atoms with van der Waals surface area (Å²) in [4.78, 5) is 14.5. The number of hydrogen-bond donors (Lipinski definition) is 0. The van der Waals surface area contributed by atoms with Gasteiger partial charge in [-0.25, -0.2) is 0 Å². The first-order chi connectivity index (χ1) is 6.22. The molecule has 4 heteroatoms. The fourth-order valence-electron chi connectivity index (χ4n) is 1.43. The van der Waals surface area contributed by atoms with Crippen LogP contribution in [0.1, 0.15) is 41.0 Å². The van der Waals surface area contributed by atoms with Crippen LogP contribution in [0.2, 0.25) is 0 Å². The molecule has 84 valence electrons. The molecule has 0 aromatic heterocycles. The van der Waals surface area contributed by atoms with E-state index in [1.165, 1.54) is 0 Å². The Hall–Kier alpha value is -0.800. The summed E-state index contributed by atoms with van der Waals surface area (Å²) in [6.07, 6.45) is 0.943. The molecule has 0 aromatic rings. The Morgan fingerprint density at radius 2 is 1.86 bits per heavy atom. The van der Waals surface area contributed by atoms with Crippen molar-refractivity contribution in [2.75, 3.05) is 6.61 Å². The Balaban J connectivity index is 4.10. The second kappa shape index (κ2) is 5.17. The molecule has 14 heavy (non-hydrogen) atoms. The lowest BCUT2D eigenvalue weighted by atomic mass is 9.80. The molecule has 0 radical (unpaired) electrons. The van der Waals surface area contributed by atoms with Crippen LogP contribution in [-0.2, 0) is 4.84 Å². The van der Waals surface area contributed by atoms with Gasteiger partial charge in [-0.1, -0.05) is 34.6 Å². The molecule has 0 N–H and O–H groups in total. The average molecular weight is 203 g/mol. The molecule has 0 amide bonds. The third-order valence-corrected chi connectivity index (χ3v) is 2.21. The molecule has 0 fully saturated rings. The van der Waals surface area contributed by atoms with E-state index in [-0.39, 0.29) is 17.9 Å². The van der Waals surface area contributed by atoms with Gasteiger partial charge in [-0.2, -0.15) is 0 Å². The van der Waals surface area contributed by atoms with Crippen molar-refractivity contribution >= 4 is 0 Å². The maximum atomic E-state index is 10.1. The van der Waals surface area contributed by atoms with Crippen LogP contribution in [-0.4, -0.2) is 11.7 Å². The van der Waals surface area contributed by atoms with Crippen molar-refractivity contribution in [3.8, 4) is 0 Å². The van der Waals surface area contributed by atoms with Crippen LogP contribution in [0.25, 0.3) is 0 Å². The zero-order valence-electron chi connectivity index (χ0n) is 9.74. The average Bonchev–Trinajstić information content (AvgIpc) is 1.94. The van der Waals surface area contributed by atoms with Crippen LogP contribution < -0.4 is 0 Å². The van der Waals surface area contributed by atoms with Crippen molar-refractivity contribution in [2.24, 2.45) is 17.3 Å². The van der Waals surface area contributed by atoms with E-state index in [1.54, 1.807) is 0 Å².